The lowest BCUT2D eigenvalue weighted by Gasteiger charge is -2.27. The zero-order chi connectivity index (χ0) is 22.6. The number of alkyl halides is 2. The fourth-order valence-corrected chi connectivity index (χ4v) is 4.89. The summed E-state index contributed by atoms with van der Waals surface area (Å²) in [5.74, 6) is -3.65. The molecule has 0 unspecified atom stereocenters. The van der Waals surface area contributed by atoms with Gasteiger partial charge in [0.2, 0.25) is 0 Å². The van der Waals surface area contributed by atoms with Crippen LogP contribution in [0.25, 0.3) is 0 Å². The largest absolute Gasteiger partial charge is 0.480 e. The Bertz CT molecular complexity index is 923. The van der Waals surface area contributed by atoms with Crippen molar-refractivity contribution in [1.29, 1.82) is 0 Å². The smallest absolute Gasteiger partial charge is 0.325 e. The number of likely N-dealkylation sites (tertiary alicyclic amines) is 1. The second-order valence-corrected chi connectivity index (χ2v) is 8.94. The summed E-state index contributed by atoms with van der Waals surface area (Å²) < 4.78 is 29.8. The van der Waals surface area contributed by atoms with Crippen LogP contribution in [0.3, 0.4) is 0 Å². The Kier molecular flexibility index (Phi) is 7.04. The van der Waals surface area contributed by atoms with Crippen molar-refractivity contribution in [3.8, 4) is 0 Å². The number of pyridine rings is 1. The van der Waals surface area contributed by atoms with Crippen molar-refractivity contribution >= 4 is 11.8 Å². The van der Waals surface area contributed by atoms with Gasteiger partial charge in [-0.2, -0.15) is 0 Å². The van der Waals surface area contributed by atoms with Crippen LogP contribution in [-0.4, -0.2) is 46.5 Å². The molecule has 2 N–H and O–H groups in total. The van der Waals surface area contributed by atoms with Gasteiger partial charge < -0.3 is 10.4 Å². The quantitative estimate of drug-likeness (QED) is 0.538. The highest BCUT2D eigenvalue weighted by Gasteiger charge is 2.45. The first kappa shape index (κ1) is 22.6. The molecule has 2 aliphatic rings. The van der Waals surface area contributed by atoms with Crippen LogP contribution in [-0.2, 0) is 17.6 Å². The number of nitrogens with one attached hydrogen (secondary N) is 1. The normalized spacial score (nSPS) is 19.9. The number of rotatable bonds is 9. The predicted molar refractivity (Wildman–Crippen MR) is 120 cm³/mol. The van der Waals surface area contributed by atoms with Gasteiger partial charge in [-0.25, -0.2) is 13.8 Å². The van der Waals surface area contributed by atoms with Crippen LogP contribution < -0.4 is 5.32 Å². The topological polar surface area (TPSA) is 65.5 Å². The lowest BCUT2D eigenvalue weighted by Crippen LogP contribution is -2.35. The number of aliphatic carboxylic acids is 1. The Morgan fingerprint density at radius 2 is 2.03 bits per heavy atom. The summed E-state index contributed by atoms with van der Waals surface area (Å²) in [6, 6.07) is 12.1. The number of fused-ring (bicyclic) bond motifs is 1. The molecule has 7 heteroatoms. The summed E-state index contributed by atoms with van der Waals surface area (Å²) in [4.78, 5) is 18.2. The van der Waals surface area contributed by atoms with E-state index in [2.05, 4.69) is 16.4 Å². The molecule has 172 valence electrons. The lowest BCUT2D eigenvalue weighted by atomic mass is 9.95. The number of unbranched alkanes of at least 4 members (excludes halogenated alkanes) is 1. The zero-order valence-corrected chi connectivity index (χ0v) is 18.3. The summed E-state index contributed by atoms with van der Waals surface area (Å²) in [6.45, 7) is 1.41. The van der Waals surface area contributed by atoms with Gasteiger partial charge >= 0.3 is 5.97 Å². The molecule has 2 aromatic rings. The summed E-state index contributed by atoms with van der Waals surface area (Å²) in [7, 11) is 0. The number of halogens is 2. The van der Waals surface area contributed by atoms with E-state index in [9.17, 15) is 18.7 Å². The maximum absolute atomic E-state index is 14.9. The molecule has 0 amide bonds. The molecule has 0 saturated carbocycles. The number of benzene rings is 1. The van der Waals surface area contributed by atoms with E-state index in [1.54, 1.807) is 29.2 Å². The van der Waals surface area contributed by atoms with E-state index in [1.165, 1.54) is 5.56 Å². The molecule has 0 radical (unpaired) electrons. The van der Waals surface area contributed by atoms with E-state index in [1.807, 2.05) is 12.1 Å². The summed E-state index contributed by atoms with van der Waals surface area (Å²) >= 11 is 0. The number of nitrogens with zero attached hydrogens (tertiary/aromatic N) is 2. The third-order valence-electron chi connectivity index (χ3n) is 6.68. The van der Waals surface area contributed by atoms with Gasteiger partial charge in [0.25, 0.3) is 5.92 Å². The van der Waals surface area contributed by atoms with Crippen molar-refractivity contribution in [2.75, 3.05) is 25.0 Å². The van der Waals surface area contributed by atoms with E-state index >= 15 is 0 Å². The van der Waals surface area contributed by atoms with Crippen LogP contribution in [0.4, 0.5) is 14.6 Å². The minimum atomic E-state index is -2.79. The molecule has 1 aromatic heterocycles. The van der Waals surface area contributed by atoms with Crippen LogP contribution in [0, 0.1) is 5.92 Å². The van der Waals surface area contributed by atoms with Gasteiger partial charge in [0.15, 0.2) is 0 Å². The van der Waals surface area contributed by atoms with Crippen LogP contribution in [0.5, 0.6) is 0 Å². The third-order valence-corrected chi connectivity index (χ3v) is 6.68. The minimum Gasteiger partial charge on any atom is -0.480 e. The van der Waals surface area contributed by atoms with Crippen molar-refractivity contribution in [2.24, 2.45) is 5.92 Å². The van der Waals surface area contributed by atoms with Crippen molar-refractivity contribution < 1.29 is 18.7 Å². The molecule has 32 heavy (non-hydrogen) atoms. The monoisotopic (exact) mass is 443 g/mol. The maximum Gasteiger partial charge on any atom is 0.325 e. The van der Waals surface area contributed by atoms with Crippen LogP contribution >= 0.6 is 0 Å². The van der Waals surface area contributed by atoms with Crippen molar-refractivity contribution in [1.82, 2.24) is 9.88 Å². The van der Waals surface area contributed by atoms with Crippen LogP contribution in [0.1, 0.15) is 55.0 Å². The molecule has 2 atom stereocenters. The van der Waals surface area contributed by atoms with E-state index in [0.717, 1.165) is 30.9 Å². The lowest BCUT2D eigenvalue weighted by molar-refractivity contribution is -0.143. The number of aromatic nitrogens is 1. The molecule has 0 spiro atoms. The first-order valence-electron chi connectivity index (χ1n) is 11.6. The Morgan fingerprint density at radius 3 is 2.81 bits per heavy atom. The molecule has 5 nitrogen and oxygen atoms in total. The number of hydrogen-bond donors (Lipinski definition) is 2. The third kappa shape index (κ3) is 5.26. The Morgan fingerprint density at radius 1 is 1.22 bits per heavy atom. The first-order chi connectivity index (χ1) is 15.4. The van der Waals surface area contributed by atoms with E-state index in [4.69, 9.17) is 0 Å². The second kappa shape index (κ2) is 9.94. The van der Waals surface area contributed by atoms with Crippen molar-refractivity contribution in [3.05, 3.63) is 59.3 Å². The highest BCUT2D eigenvalue weighted by Crippen LogP contribution is 2.39. The van der Waals surface area contributed by atoms with E-state index < -0.39 is 23.9 Å². The van der Waals surface area contributed by atoms with Crippen molar-refractivity contribution in [3.63, 3.8) is 0 Å². The van der Waals surface area contributed by atoms with Gasteiger partial charge in [0.05, 0.1) is 0 Å². The number of hydrogen-bond acceptors (Lipinski definition) is 4. The minimum absolute atomic E-state index is 0.108. The summed E-state index contributed by atoms with van der Waals surface area (Å²) in [6.07, 6.45) is 4.08. The SMILES string of the molecule is O=C(O)[C@@H](c1ccccc1)N1CC[C@@H](C(F)(F)CCCCc2ccc3c(n2)NCCC3)C1. The number of aryl methyl sites for hydroxylation is 2. The van der Waals surface area contributed by atoms with Gasteiger partial charge in [-0.05, 0) is 62.3 Å². The predicted octanol–water partition coefficient (Wildman–Crippen LogP) is 4.94. The highest BCUT2D eigenvalue weighted by molar-refractivity contribution is 5.75. The Hall–Kier alpha value is -2.54. The van der Waals surface area contributed by atoms with Crippen LogP contribution in [0.15, 0.2) is 42.5 Å². The molecule has 4 rings (SSSR count). The van der Waals surface area contributed by atoms with E-state index in [0.29, 0.717) is 37.8 Å². The molecule has 2 aliphatic heterocycles. The Labute approximate surface area is 187 Å². The second-order valence-electron chi connectivity index (χ2n) is 8.94. The standard InChI is InChI=1S/C25H31F2N3O2/c26-25(27,14-5-4-10-21-12-11-19-9-6-15-28-23(19)29-21)20-13-16-30(17-20)22(24(31)32)18-7-2-1-3-8-18/h1-3,7-8,11-12,20,22H,4-6,9-10,13-17H2,(H,28,29)(H,31,32)/t20-,22-/m1/s1. The van der Waals surface area contributed by atoms with Gasteiger partial charge in [0.1, 0.15) is 11.9 Å². The van der Waals surface area contributed by atoms with Gasteiger partial charge in [0, 0.05) is 31.1 Å². The molecule has 1 fully saturated rings. The molecule has 0 aliphatic carbocycles. The fourth-order valence-electron chi connectivity index (χ4n) is 4.89. The molecular weight excluding hydrogens is 412 g/mol. The molecule has 3 heterocycles. The molecule has 1 aromatic carbocycles. The number of carboxylic acid groups (broad SMARTS) is 1. The van der Waals surface area contributed by atoms with Gasteiger partial charge in [-0.15, -0.1) is 0 Å². The fraction of sp³-hybridized carbons (Fsp3) is 0.520. The summed E-state index contributed by atoms with van der Waals surface area (Å²) in [5, 5.41) is 13.0. The average Bonchev–Trinajstić information content (AvgIpc) is 3.28. The van der Waals surface area contributed by atoms with Crippen molar-refractivity contribution in [2.45, 2.75) is 56.9 Å². The highest BCUT2D eigenvalue weighted by atomic mass is 19.3. The van der Waals surface area contributed by atoms with Gasteiger partial charge in [-0.1, -0.05) is 36.4 Å². The maximum atomic E-state index is 14.9. The first-order valence-corrected chi connectivity index (χ1v) is 11.6. The average molecular weight is 444 g/mol. The molecular formula is C25H31F2N3O2. The number of anilines is 1. The number of carbonyl (C=O) groups is 1. The Balaban J connectivity index is 1.28. The zero-order valence-electron chi connectivity index (χ0n) is 18.3. The van der Waals surface area contributed by atoms with E-state index in [-0.39, 0.29) is 13.0 Å². The van der Waals surface area contributed by atoms with Crippen LogP contribution in [0.2, 0.25) is 0 Å². The number of carboxylic acids is 1. The summed E-state index contributed by atoms with van der Waals surface area (Å²) in [5.41, 5.74) is 2.81. The van der Waals surface area contributed by atoms with Gasteiger partial charge in [-0.3, -0.25) is 9.69 Å². The molecule has 0 bridgehead atoms. The molecule has 1 saturated heterocycles.